The third-order valence-corrected chi connectivity index (χ3v) is 5.33. The van der Waals surface area contributed by atoms with Crippen LogP contribution in [0, 0.1) is 0 Å². The number of carbonyl (C=O) groups is 1. The molecule has 1 aliphatic rings. The van der Waals surface area contributed by atoms with Crippen molar-refractivity contribution in [3.8, 4) is 28.4 Å². The van der Waals surface area contributed by atoms with Crippen molar-refractivity contribution < 1.29 is 19.0 Å². The third kappa shape index (κ3) is 4.14. The minimum Gasteiger partial charge on any atom is -0.497 e. The van der Waals surface area contributed by atoms with Crippen LogP contribution in [0.1, 0.15) is 12.8 Å². The molecule has 0 unspecified atom stereocenters. The minimum absolute atomic E-state index is 0.230. The summed E-state index contributed by atoms with van der Waals surface area (Å²) in [6.45, 7) is 2.00. The molecule has 1 amide bonds. The second kappa shape index (κ2) is 8.43. The maximum Gasteiger partial charge on any atom is 0.222 e. The smallest absolute Gasteiger partial charge is 0.222 e. The van der Waals surface area contributed by atoms with E-state index in [0.29, 0.717) is 19.6 Å². The summed E-state index contributed by atoms with van der Waals surface area (Å²) in [5.41, 5.74) is 2.10. The lowest BCUT2D eigenvalue weighted by Crippen LogP contribution is -2.29. The SMILES string of the molecule is COc1ccc(-c2ccc3cc(OCCN4CCCC4=O)ccc3c2)c(OC)c1. The number of methoxy groups -OCH3 is 2. The Labute approximate surface area is 170 Å². The average molecular weight is 391 g/mol. The highest BCUT2D eigenvalue weighted by Crippen LogP contribution is 2.35. The summed E-state index contributed by atoms with van der Waals surface area (Å²) in [4.78, 5) is 13.5. The van der Waals surface area contributed by atoms with E-state index in [4.69, 9.17) is 14.2 Å². The molecule has 0 N–H and O–H groups in total. The first-order valence-electron chi connectivity index (χ1n) is 9.85. The molecule has 150 valence electrons. The highest BCUT2D eigenvalue weighted by Gasteiger charge is 2.19. The predicted molar refractivity (Wildman–Crippen MR) is 114 cm³/mol. The summed E-state index contributed by atoms with van der Waals surface area (Å²) >= 11 is 0. The van der Waals surface area contributed by atoms with E-state index < -0.39 is 0 Å². The zero-order valence-electron chi connectivity index (χ0n) is 16.8. The van der Waals surface area contributed by atoms with Crippen LogP contribution in [-0.4, -0.2) is 44.7 Å². The Morgan fingerprint density at radius 3 is 2.45 bits per heavy atom. The van der Waals surface area contributed by atoms with E-state index in [1.807, 2.05) is 35.2 Å². The standard InChI is InChI=1S/C24H25NO4/c1-27-20-9-10-22(23(16-20)28-2)19-6-5-18-15-21(8-7-17(18)14-19)29-13-12-25-11-3-4-24(25)26/h5-10,14-16H,3-4,11-13H2,1-2H3. The Morgan fingerprint density at radius 2 is 1.69 bits per heavy atom. The lowest BCUT2D eigenvalue weighted by molar-refractivity contribution is -0.128. The van der Waals surface area contributed by atoms with E-state index in [-0.39, 0.29) is 5.91 Å². The number of hydrogen-bond donors (Lipinski definition) is 0. The number of ether oxygens (including phenoxy) is 3. The van der Waals surface area contributed by atoms with Gasteiger partial charge in [-0.15, -0.1) is 0 Å². The Morgan fingerprint density at radius 1 is 0.897 bits per heavy atom. The van der Waals surface area contributed by atoms with Crippen molar-refractivity contribution >= 4 is 16.7 Å². The molecule has 29 heavy (non-hydrogen) atoms. The first-order valence-corrected chi connectivity index (χ1v) is 9.85. The molecule has 5 nitrogen and oxygen atoms in total. The van der Waals surface area contributed by atoms with Crippen molar-refractivity contribution in [1.29, 1.82) is 0 Å². The van der Waals surface area contributed by atoms with Gasteiger partial charge in [0.05, 0.1) is 20.8 Å². The predicted octanol–water partition coefficient (Wildman–Crippen LogP) is 4.53. The third-order valence-electron chi connectivity index (χ3n) is 5.33. The summed E-state index contributed by atoms with van der Waals surface area (Å²) < 4.78 is 16.7. The molecule has 1 aliphatic heterocycles. The van der Waals surface area contributed by atoms with Gasteiger partial charge in [-0.3, -0.25) is 4.79 Å². The highest BCUT2D eigenvalue weighted by atomic mass is 16.5. The Kier molecular flexibility index (Phi) is 5.56. The van der Waals surface area contributed by atoms with Crippen LogP contribution < -0.4 is 14.2 Å². The van der Waals surface area contributed by atoms with E-state index in [9.17, 15) is 4.79 Å². The fourth-order valence-corrected chi connectivity index (χ4v) is 3.73. The van der Waals surface area contributed by atoms with Crippen molar-refractivity contribution in [2.24, 2.45) is 0 Å². The first kappa shape index (κ1) is 19.1. The van der Waals surface area contributed by atoms with Gasteiger partial charge in [0, 0.05) is 24.6 Å². The molecule has 0 radical (unpaired) electrons. The average Bonchev–Trinajstić information content (AvgIpc) is 3.17. The van der Waals surface area contributed by atoms with E-state index >= 15 is 0 Å². The molecule has 1 heterocycles. The molecule has 0 atom stereocenters. The zero-order valence-corrected chi connectivity index (χ0v) is 16.8. The van der Waals surface area contributed by atoms with Crippen molar-refractivity contribution in [1.82, 2.24) is 4.90 Å². The Bertz CT molecular complexity index is 1030. The van der Waals surface area contributed by atoms with Gasteiger partial charge in [0.15, 0.2) is 0 Å². The molecule has 0 bridgehead atoms. The van der Waals surface area contributed by atoms with E-state index in [1.165, 1.54) is 0 Å². The molecule has 0 saturated carbocycles. The second-order valence-corrected chi connectivity index (χ2v) is 7.12. The van der Waals surface area contributed by atoms with Crippen LogP contribution in [0.25, 0.3) is 21.9 Å². The second-order valence-electron chi connectivity index (χ2n) is 7.12. The summed E-state index contributed by atoms with van der Waals surface area (Å²) in [5.74, 6) is 2.59. The number of amides is 1. The van der Waals surface area contributed by atoms with Crippen LogP contribution in [0.5, 0.6) is 17.2 Å². The van der Waals surface area contributed by atoms with E-state index in [0.717, 1.165) is 52.1 Å². The zero-order chi connectivity index (χ0) is 20.2. The van der Waals surface area contributed by atoms with Crippen molar-refractivity contribution in [3.05, 3.63) is 54.6 Å². The van der Waals surface area contributed by atoms with Gasteiger partial charge >= 0.3 is 0 Å². The largest absolute Gasteiger partial charge is 0.497 e. The van der Waals surface area contributed by atoms with Crippen LogP contribution in [0.15, 0.2) is 54.6 Å². The monoisotopic (exact) mass is 391 g/mol. The number of rotatable bonds is 7. The van der Waals surface area contributed by atoms with Gasteiger partial charge < -0.3 is 19.1 Å². The molecule has 1 fully saturated rings. The van der Waals surface area contributed by atoms with Crippen LogP contribution in [0.2, 0.25) is 0 Å². The topological polar surface area (TPSA) is 48.0 Å². The number of nitrogens with zero attached hydrogens (tertiary/aromatic N) is 1. The Hall–Kier alpha value is -3.21. The highest BCUT2D eigenvalue weighted by molar-refractivity contribution is 5.89. The van der Waals surface area contributed by atoms with Gasteiger partial charge in [-0.1, -0.05) is 18.2 Å². The molecule has 0 spiro atoms. The van der Waals surface area contributed by atoms with Crippen LogP contribution in [-0.2, 0) is 4.79 Å². The molecule has 5 heteroatoms. The molecule has 3 aromatic rings. The fraction of sp³-hybridized carbons (Fsp3) is 0.292. The van der Waals surface area contributed by atoms with Gasteiger partial charge in [-0.05, 0) is 53.1 Å². The lowest BCUT2D eigenvalue weighted by atomic mass is 10.00. The van der Waals surface area contributed by atoms with Gasteiger partial charge in [-0.2, -0.15) is 0 Å². The first-order chi connectivity index (χ1) is 14.2. The van der Waals surface area contributed by atoms with Crippen molar-refractivity contribution in [2.75, 3.05) is 33.9 Å². The van der Waals surface area contributed by atoms with Crippen molar-refractivity contribution in [2.45, 2.75) is 12.8 Å². The molecule has 1 saturated heterocycles. The number of likely N-dealkylation sites (tertiary alicyclic amines) is 1. The van der Waals surface area contributed by atoms with Gasteiger partial charge in [0.25, 0.3) is 0 Å². The van der Waals surface area contributed by atoms with Crippen LogP contribution in [0.3, 0.4) is 0 Å². The van der Waals surface area contributed by atoms with Crippen LogP contribution in [0.4, 0.5) is 0 Å². The fourth-order valence-electron chi connectivity index (χ4n) is 3.73. The molecule has 0 aliphatic carbocycles. The van der Waals surface area contributed by atoms with E-state index in [2.05, 4.69) is 24.3 Å². The van der Waals surface area contributed by atoms with E-state index in [1.54, 1.807) is 14.2 Å². The van der Waals surface area contributed by atoms with Crippen LogP contribution >= 0.6 is 0 Å². The Balaban J connectivity index is 1.50. The van der Waals surface area contributed by atoms with Crippen molar-refractivity contribution in [3.63, 3.8) is 0 Å². The summed E-state index contributed by atoms with van der Waals surface area (Å²) in [6.07, 6.45) is 1.62. The summed E-state index contributed by atoms with van der Waals surface area (Å²) in [7, 11) is 3.31. The molecule has 0 aromatic heterocycles. The number of fused-ring (bicyclic) bond motifs is 1. The molecule has 4 rings (SSSR count). The van der Waals surface area contributed by atoms with Gasteiger partial charge in [0.2, 0.25) is 5.91 Å². The summed E-state index contributed by atoms with van der Waals surface area (Å²) in [6, 6.07) is 18.2. The summed E-state index contributed by atoms with van der Waals surface area (Å²) in [5, 5.41) is 2.23. The molecular weight excluding hydrogens is 366 g/mol. The maximum atomic E-state index is 11.7. The van der Waals surface area contributed by atoms with Gasteiger partial charge in [-0.25, -0.2) is 0 Å². The maximum absolute atomic E-state index is 11.7. The van der Waals surface area contributed by atoms with Gasteiger partial charge in [0.1, 0.15) is 23.9 Å². The lowest BCUT2D eigenvalue weighted by Gasteiger charge is -2.16. The normalized spacial score (nSPS) is 13.7. The quantitative estimate of drug-likeness (QED) is 0.594. The molecular formula is C24H25NO4. The number of carbonyl (C=O) groups excluding carboxylic acids is 1. The number of hydrogen-bond acceptors (Lipinski definition) is 4. The number of benzene rings is 3. The molecule has 3 aromatic carbocycles. The minimum atomic E-state index is 0.230.